The number of carboxylic acids is 1. The second kappa shape index (κ2) is 5.94. The number of carbonyl (C=O) groups is 2. The molecule has 112 valence electrons. The SMILES string of the molecule is CC(C)n1cc(NC(=O)NC(C(=O)O)C(C)(C)C)cn1. The second-order valence-corrected chi connectivity index (χ2v) is 6.04. The van der Waals surface area contributed by atoms with Crippen molar-refractivity contribution in [1.29, 1.82) is 0 Å². The second-order valence-electron chi connectivity index (χ2n) is 6.04. The van der Waals surface area contributed by atoms with E-state index in [0.717, 1.165) is 0 Å². The van der Waals surface area contributed by atoms with E-state index in [9.17, 15) is 9.59 Å². The Morgan fingerprint density at radius 2 is 1.95 bits per heavy atom. The third-order valence-electron chi connectivity index (χ3n) is 2.78. The van der Waals surface area contributed by atoms with Crippen LogP contribution in [-0.2, 0) is 4.79 Å². The molecule has 0 spiro atoms. The van der Waals surface area contributed by atoms with Crippen molar-refractivity contribution < 1.29 is 14.7 Å². The van der Waals surface area contributed by atoms with Crippen molar-refractivity contribution in [3.63, 3.8) is 0 Å². The standard InChI is InChI=1S/C13H22N4O3/c1-8(2)17-7-9(6-14-17)15-12(20)16-10(11(18)19)13(3,4)5/h6-8,10H,1-5H3,(H,18,19)(H2,15,16,20). The molecule has 0 saturated heterocycles. The maximum Gasteiger partial charge on any atom is 0.326 e. The summed E-state index contributed by atoms with van der Waals surface area (Å²) in [4.78, 5) is 23.0. The molecule has 1 atom stereocenters. The summed E-state index contributed by atoms with van der Waals surface area (Å²) in [5.41, 5.74) is -0.0556. The van der Waals surface area contributed by atoms with Crippen molar-refractivity contribution in [2.45, 2.75) is 46.7 Å². The maximum absolute atomic E-state index is 11.8. The molecular formula is C13H22N4O3. The van der Waals surface area contributed by atoms with Gasteiger partial charge < -0.3 is 15.7 Å². The van der Waals surface area contributed by atoms with E-state index < -0.39 is 23.5 Å². The van der Waals surface area contributed by atoms with Gasteiger partial charge in [-0.15, -0.1) is 0 Å². The predicted octanol–water partition coefficient (Wildman–Crippen LogP) is 2.08. The van der Waals surface area contributed by atoms with Crippen molar-refractivity contribution in [2.24, 2.45) is 5.41 Å². The lowest BCUT2D eigenvalue weighted by atomic mass is 9.87. The van der Waals surface area contributed by atoms with Crippen LogP contribution in [-0.4, -0.2) is 32.9 Å². The molecular weight excluding hydrogens is 260 g/mol. The van der Waals surface area contributed by atoms with E-state index >= 15 is 0 Å². The number of carbonyl (C=O) groups excluding carboxylic acids is 1. The van der Waals surface area contributed by atoms with Gasteiger partial charge in [0.15, 0.2) is 0 Å². The van der Waals surface area contributed by atoms with Gasteiger partial charge in [0.2, 0.25) is 0 Å². The smallest absolute Gasteiger partial charge is 0.326 e. The highest BCUT2D eigenvalue weighted by Gasteiger charge is 2.32. The monoisotopic (exact) mass is 282 g/mol. The van der Waals surface area contributed by atoms with E-state index in [1.54, 1.807) is 31.6 Å². The van der Waals surface area contributed by atoms with E-state index in [2.05, 4.69) is 15.7 Å². The van der Waals surface area contributed by atoms with Crippen LogP contribution in [0.15, 0.2) is 12.4 Å². The Labute approximate surface area is 118 Å². The average Bonchev–Trinajstić information content (AvgIpc) is 2.72. The van der Waals surface area contributed by atoms with Crippen LogP contribution < -0.4 is 10.6 Å². The van der Waals surface area contributed by atoms with Crippen LogP contribution in [0, 0.1) is 5.41 Å². The highest BCUT2D eigenvalue weighted by Crippen LogP contribution is 2.19. The maximum atomic E-state index is 11.8. The molecule has 0 aliphatic rings. The Morgan fingerprint density at radius 1 is 1.35 bits per heavy atom. The topological polar surface area (TPSA) is 96.2 Å². The molecule has 0 bridgehead atoms. The molecule has 0 saturated carbocycles. The first kappa shape index (κ1) is 16.0. The quantitative estimate of drug-likeness (QED) is 0.787. The average molecular weight is 282 g/mol. The fourth-order valence-electron chi connectivity index (χ4n) is 1.63. The number of anilines is 1. The summed E-state index contributed by atoms with van der Waals surface area (Å²) in [5, 5.41) is 18.3. The lowest BCUT2D eigenvalue weighted by molar-refractivity contribution is -0.141. The molecule has 1 aromatic rings. The number of nitrogens with zero attached hydrogens (tertiary/aromatic N) is 2. The minimum Gasteiger partial charge on any atom is -0.480 e. The number of carboxylic acid groups (broad SMARTS) is 1. The molecule has 1 heterocycles. The summed E-state index contributed by atoms with van der Waals surface area (Å²) in [6.07, 6.45) is 3.21. The van der Waals surface area contributed by atoms with Gasteiger partial charge in [-0.25, -0.2) is 9.59 Å². The summed E-state index contributed by atoms with van der Waals surface area (Å²) in [6, 6.07) is -1.34. The Kier molecular flexibility index (Phi) is 4.75. The van der Waals surface area contributed by atoms with Gasteiger partial charge in [0.05, 0.1) is 11.9 Å². The molecule has 0 fully saturated rings. The highest BCUT2D eigenvalue weighted by molar-refractivity contribution is 5.92. The van der Waals surface area contributed by atoms with Gasteiger partial charge in [-0.05, 0) is 19.3 Å². The third kappa shape index (κ3) is 4.25. The van der Waals surface area contributed by atoms with Gasteiger partial charge in [-0.3, -0.25) is 4.68 Å². The number of amides is 2. The lowest BCUT2D eigenvalue weighted by Crippen LogP contribution is -2.50. The summed E-state index contributed by atoms with van der Waals surface area (Å²) in [7, 11) is 0. The summed E-state index contributed by atoms with van der Waals surface area (Å²) in [5.74, 6) is -1.06. The zero-order valence-electron chi connectivity index (χ0n) is 12.5. The van der Waals surface area contributed by atoms with Crippen molar-refractivity contribution in [3.05, 3.63) is 12.4 Å². The van der Waals surface area contributed by atoms with Gasteiger partial charge >= 0.3 is 12.0 Å². The number of hydrogen-bond acceptors (Lipinski definition) is 3. The minimum absolute atomic E-state index is 0.190. The number of aromatic nitrogens is 2. The minimum atomic E-state index is -1.06. The molecule has 0 aromatic carbocycles. The highest BCUT2D eigenvalue weighted by atomic mass is 16.4. The van der Waals surface area contributed by atoms with Gasteiger partial charge in [0, 0.05) is 12.2 Å². The third-order valence-corrected chi connectivity index (χ3v) is 2.78. The van der Waals surface area contributed by atoms with E-state index in [0.29, 0.717) is 5.69 Å². The predicted molar refractivity (Wildman–Crippen MR) is 75.6 cm³/mol. The molecule has 1 aromatic heterocycles. The fourth-order valence-corrected chi connectivity index (χ4v) is 1.63. The van der Waals surface area contributed by atoms with Crippen LogP contribution in [0.1, 0.15) is 40.7 Å². The van der Waals surface area contributed by atoms with Crippen molar-refractivity contribution in [3.8, 4) is 0 Å². The van der Waals surface area contributed by atoms with Crippen LogP contribution in [0.3, 0.4) is 0 Å². The summed E-state index contributed by atoms with van der Waals surface area (Å²) < 4.78 is 1.70. The Bertz CT molecular complexity index is 488. The number of rotatable bonds is 4. The van der Waals surface area contributed by atoms with Crippen LogP contribution >= 0.6 is 0 Å². The van der Waals surface area contributed by atoms with E-state index in [4.69, 9.17) is 5.11 Å². The van der Waals surface area contributed by atoms with Gasteiger partial charge in [-0.1, -0.05) is 20.8 Å². The zero-order valence-corrected chi connectivity index (χ0v) is 12.5. The van der Waals surface area contributed by atoms with E-state index in [1.807, 2.05) is 13.8 Å². The molecule has 0 radical (unpaired) electrons. The summed E-state index contributed by atoms with van der Waals surface area (Å²) in [6.45, 7) is 9.20. The van der Waals surface area contributed by atoms with Crippen LogP contribution in [0.2, 0.25) is 0 Å². The molecule has 2 amide bonds. The zero-order chi connectivity index (χ0) is 15.5. The number of hydrogen-bond donors (Lipinski definition) is 3. The molecule has 1 unspecified atom stereocenters. The molecule has 1 rings (SSSR count). The van der Waals surface area contributed by atoms with Crippen LogP contribution in [0.4, 0.5) is 10.5 Å². The molecule has 7 nitrogen and oxygen atoms in total. The summed E-state index contributed by atoms with van der Waals surface area (Å²) >= 11 is 0. The van der Waals surface area contributed by atoms with E-state index in [1.165, 1.54) is 6.20 Å². The first-order chi connectivity index (χ1) is 9.11. The van der Waals surface area contributed by atoms with Gasteiger partial charge in [0.25, 0.3) is 0 Å². The number of aliphatic carboxylic acids is 1. The lowest BCUT2D eigenvalue weighted by Gasteiger charge is -2.27. The van der Waals surface area contributed by atoms with Gasteiger partial charge in [-0.2, -0.15) is 5.10 Å². The van der Waals surface area contributed by atoms with Crippen LogP contribution in [0.5, 0.6) is 0 Å². The normalized spacial score (nSPS) is 13.1. The Morgan fingerprint density at radius 3 is 2.35 bits per heavy atom. The van der Waals surface area contributed by atoms with Crippen molar-refractivity contribution in [1.82, 2.24) is 15.1 Å². The molecule has 3 N–H and O–H groups in total. The molecule has 7 heteroatoms. The molecule has 0 aliphatic carbocycles. The Balaban J connectivity index is 2.68. The first-order valence-electron chi connectivity index (χ1n) is 6.45. The van der Waals surface area contributed by atoms with Crippen LogP contribution in [0.25, 0.3) is 0 Å². The van der Waals surface area contributed by atoms with Crippen molar-refractivity contribution >= 4 is 17.7 Å². The molecule has 20 heavy (non-hydrogen) atoms. The fraction of sp³-hybridized carbons (Fsp3) is 0.615. The largest absolute Gasteiger partial charge is 0.480 e. The molecule has 0 aliphatic heterocycles. The van der Waals surface area contributed by atoms with E-state index in [-0.39, 0.29) is 6.04 Å². The van der Waals surface area contributed by atoms with Crippen molar-refractivity contribution in [2.75, 3.05) is 5.32 Å². The first-order valence-corrected chi connectivity index (χ1v) is 6.45. The number of urea groups is 1. The number of nitrogens with one attached hydrogen (secondary N) is 2. The van der Waals surface area contributed by atoms with Gasteiger partial charge in [0.1, 0.15) is 6.04 Å². The Hall–Kier alpha value is -2.05.